The smallest absolute Gasteiger partial charge is 0.122 e. The summed E-state index contributed by atoms with van der Waals surface area (Å²) in [6.45, 7) is 6.78. The number of aliphatic hydroxyl groups is 1. The van der Waals surface area contributed by atoms with Crippen LogP contribution in [0.4, 0.5) is 0 Å². The van der Waals surface area contributed by atoms with Gasteiger partial charge in [-0.05, 0) is 39.6 Å². The van der Waals surface area contributed by atoms with E-state index in [1.165, 1.54) is 5.56 Å². The fourth-order valence-corrected chi connectivity index (χ4v) is 1.78. The minimum atomic E-state index is -0.483. The number of nitrogens with one attached hydrogen (secondary N) is 1. The lowest BCUT2D eigenvalue weighted by molar-refractivity contribution is 0.106. The zero-order valence-corrected chi connectivity index (χ0v) is 12.4. The molecule has 0 amide bonds. The number of hydrogen-bond donors (Lipinski definition) is 2. The van der Waals surface area contributed by atoms with Crippen LogP contribution < -0.4 is 10.1 Å². The standard InChI is InChI=1S/C15H26N2O2/c1-12-5-6-15(13(2)9-12)19-11-14(18)10-16-7-8-17(3)4/h5-6,9,14,16,18H,7-8,10-11H2,1-4H3. The second kappa shape index (κ2) is 8.15. The molecular weight excluding hydrogens is 240 g/mol. The summed E-state index contributed by atoms with van der Waals surface area (Å²) in [4.78, 5) is 2.10. The van der Waals surface area contributed by atoms with Gasteiger partial charge in [-0.15, -0.1) is 0 Å². The molecule has 0 heterocycles. The second-order valence-electron chi connectivity index (χ2n) is 5.24. The minimum absolute atomic E-state index is 0.318. The van der Waals surface area contributed by atoms with Crippen LogP contribution in [0.5, 0.6) is 5.75 Å². The van der Waals surface area contributed by atoms with Crippen molar-refractivity contribution in [3.8, 4) is 5.75 Å². The van der Waals surface area contributed by atoms with E-state index in [1.807, 2.05) is 33.2 Å². The molecule has 1 unspecified atom stereocenters. The highest BCUT2D eigenvalue weighted by Gasteiger charge is 2.06. The van der Waals surface area contributed by atoms with Gasteiger partial charge in [-0.25, -0.2) is 0 Å². The summed E-state index contributed by atoms with van der Waals surface area (Å²) in [6.07, 6.45) is -0.483. The van der Waals surface area contributed by atoms with Crippen molar-refractivity contribution in [3.63, 3.8) is 0 Å². The van der Waals surface area contributed by atoms with Crippen LogP contribution >= 0.6 is 0 Å². The molecule has 4 nitrogen and oxygen atoms in total. The molecular formula is C15H26N2O2. The predicted octanol–water partition coefficient (Wildman–Crippen LogP) is 1.19. The summed E-state index contributed by atoms with van der Waals surface area (Å²) in [7, 11) is 4.06. The molecule has 4 heteroatoms. The summed E-state index contributed by atoms with van der Waals surface area (Å²) >= 11 is 0. The quantitative estimate of drug-likeness (QED) is 0.694. The fraction of sp³-hybridized carbons (Fsp3) is 0.600. The SMILES string of the molecule is Cc1ccc(OCC(O)CNCCN(C)C)c(C)c1. The van der Waals surface area contributed by atoms with Gasteiger partial charge < -0.3 is 20.1 Å². The Kier molecular flexibility index (Phi) is 6.84. The number of rotatable bonds is 8. The molecule has 1 aromatic rings. The van der Waals surface area contributed by atoms with E-state index in [1.54, 1.807) is 0 Å². The molecule has 19 heavy (non-hydrogen) atoms. The van der Waals surface area contributed by atoms with E-state index >= 15 is 0 Å². The summed E-state index contributed by atoms with van der Waals surface area (Å²) in [6, 6.07) is 6.05. The van der Waals surface area contributed by atoms with Gasteiger partial charge in [0.05, 0.1) is 0 Å². The van der Waals surface area contributed by atoms with Crippen LogP contribution in [0.3, 0.4) is 0 Å². The fourth-order valence-electron chi connectivity index (χ4n) is 1.78. The van der Waals surface area contributed by atoms with E-state index in [9.17, 15) is 5.11 Å². The van der Waals surface area contributed by atoms with E-state index in [0.717, 1.165) is 24.4 Å². The van der Waals surface area contributed by atoms with Crippen molar-refractivity contribution in [1.82, 2.24) is 10.2 Å². The molecule has 0 bridgehead atoms. The van der Waals surface area contributed by atoms with E-state index in [-0.39, 0.29) is 0 Å². The number of hydrogen-bond acceptors (Lipinski definition) is 4. The van der Waals surface area contributed by atoms with Crippen molar-refractivity contribution in [2.75, 3.05) is 40.3 Å². The van der Waals surface area contributed by atoms with Gasteiger partial charge in [-0.2, -0.15) is 0 Å². The van der Waals surface area contributed by atoms with Crippen molar-refractivity contribution < 1.29 is 9.84 Å². The van der Waals surface area contributed by atoms with E-state index < -0.39 is 6.10 Å². The average Bonchev–Trinajstić information content (AvgIpc) is 2.33. The number of likely N-dealkylation sites (N-methyl/N-ethyl adjacent to an activating group) is 1. The van der Waals surface area contributed by atoms with Gasteiger partial charge in [0.25, 0.3) is 0 Å². The Morgan fingerprint density at radius 3 is 2.68 bits per heavy atom. The van der Waals surface area contributed by atoms with Gasteiger partial charge in [-0.3, -0.25) is 0 Å². The number of ether oxygens (including phenoxy) is 1. The maximum absolute atomic E-state index is 9.82. The lowest BCUT2D eigenvalue weighted by Crippen LogP contribution is -2.35. The molecule has 0 aliphatic heterocycles. The van der Waals surface area contributed by atoms with Gasteiger partial charge >= 0.3 is 0 Å². The number of nitrogens with zero attached hydrogens (tertiary/aromatic N) is 1. The summed E-state index contributed by atoms with van der Waals surface area (Å²) < 4.78 is 5.63. The van der Waals surface area contributed by atoms with Crippen molar-refractivity contribution >= 4 is 0 Å². The monoisotopic (exact) mass is 266 g/mol. The molecule has 0 saturated heterocycles. The van der Waals surface area contributed by atoms with Crippen LogP contribution in [0.2, 0.25) is 0 Å². The first kappa shape index (κ1) is 16.0. The first-order chi connectivity index (χ1) is 8.99. The number of aryl methyl sites for hydroxylation is 2. The Morgan fingerprint density at radius 1 is 1.32 bits per heavy atom. The van der Waals surface area contributed by atoms with Crippen LogP contribution in [-0.2, 0) is 0 Å². The first-order valence-electron chi connectivity index (χ1n) is 6.72. The molecule has 108 valence electrons. The maximum Gasteiger partial charge on any atom is 0.122 e. The van der Waals surface area contributed by atoms with Gasteiger partial charge in [0.15, 0.2) is 0 Å². The lowest BCUT2D eigenvalue weighted by Gasteiger charge is -2.16. The zero-order chi connectivity index (χ0) is 14.3. The molecule has 0 fully saturated rings. The molecule has 0 radical (unpaired) electrons. The molecule has 1 aromatic carbocycles. The Morgan fingerprint density at radius 2 is 2.05 bits per heavy atom. The van der Waals surface area contributed by atoms with Crippen LogP contribution in [0.1, 0.15) is 11.1 Å². The molecule has 0 aliphatic rings. The molecule has 2 N–H and O–H groups in total. The van der Waals surface area contributed by atoms with E-state index in [2.05, 4.69) is 23.2 Å². The zero-order valence-electron chi connectivity index (χ0n) is 12.4. The molecule has 0 aliphatic carbocycles. The second-order valence-corrected chi connectivity index (χ2v) is 5.24. The Labute approximate surface area is 116 Å². The van der Waals surface area contributed by atoms with Gasteiger partial charge in [0, 0.05) is 19.6 Å². The van der Waals surface area contributed by atoms with Crippen LogP contribution in [0.25, 0.3) is 0 Å². The van der Waals surface area contributed by atoms with Gasteiger partial charge in [0.1, 0.15) is 18.5 Å². The Hall–Kier alpha value is -1.10. The minimum Gasteiger partial charge on any atom is -0.491 e. The normalized spacial score (nSPS) is 12.7. The van der Waals surface area contributed by atoms with Crippen molar-refractivity contribution in [3.05, 3.63) is 29.3 Å². The topological polar surface area (TPSA) is 44.7 Å². The highest BCUT2D eigenvalue weighted by Crippen LogP contribution is 2.18. The van der Waals surface area contributed by atoms with E-state index in [0.29, 0.717) is 13.2 Å². The lowest BCUT2D eigenvalue weighted by atomic mass is 10.1. The molecule has 0 spiro atoms. The third kappa shape index (κ3) is 6.57. The van der Waals surface area contributed by atoms with Crippen molar-refractivity contribution in [2.24, 2.45) is 0 Å². The summed E-state index contributed by atoms with van der Waals surface area (Å²) in [5, 5.41) is 13.0. The van der Waals surface area contributed by atoms with Crippen molar-refractivity contribution in [2.45, 2.75) is 20.0 Å². The third-order valence-electron chi connectivity index (χ3n) is 2.88. The average molecular weight is 266 g/mol. The molecule has 1 rings (SSSR count). The Balaban J connectivity index is 2.24. The largest absolute Gasteiger partial charge is 0.491 e. The molecule has 0 aromatic heterocycles. The molecule has 0 saturated carbocycles. The van der Waals surface area contributed by atoms with E-state index in [4.69, 9.17) is 4.74 Å². The van der Waals surface area contributed by atoms with Gasteiger partial charge in [-0.1, -0.05) is 17.7 Å². The number of benzene rings is 1. The van der Waals surface area contributed by atoms with Crippen molar-refractivity contribution in [1.29, 1.82) is 0 Å². The van der Waals surface area contributed by atoms with Crippen LogP contribution in [0, 0.1) is 13.8 Å². The van der Waals surface area contributed by atoms with Crippen LogP contribution in [-0.4, -0.2) is 56.4 Å². The van der Waals surface area contributed by atoms with Crippen LogP contribution in [0.15, 0.2) is 18.2 Å². The molecule has 1 atom stereocenters. The number of aliphatic hydroxyl groups excluding tert-OH is 1. The predicted molar refractivity (Wildman–Crippen MR) is 78.8 cm³/mol. The highest BCUT2D eigenvalue weighted by molar-refractivity contribution is 5.35. The summed E-state index contributed by atoms with van der Waals surface area (Å²) in [5.74, 6) is 0.845. The van der Waals surface area contributed by atoms with Gasteiger partial charge in [0.2, 0.25) is 0 Å². The maximum atomic E-state index is 9.82. The summed E-state index contributed by atoms with van der Waals surface area (Å²) in [5.41, 5.74) is 2.32. The highest BCUT2D eigenvalue weighted by atomic mass is 16.5. The third-order valence-corrected chi connectivity index (χ3v) is 2.88. The Bertz CT molecular complexity index is 380. The first-order valence-corrected chi connectivity index (χ1v) is 6.72.